The average Bonchev–Trinajstić information content (AvgIpc) is 3.02. The lowest BCUT2D eigenvalue weighted by Crippen LogP contribution is -2.41. The topological polar surface area (TPSA) is 15.3 Å². The third kappa shape index (κ3) is 2.00. The maximum atomic E-state index is 3.51. The van der Waals surface area contributed by atoms with Crippen LogP contribution in [0.2, 0.25) is 0 Å². The Morgan fingerprint density at radius 3 is 2.12 bits per heavy atom. The molecule has 1 aliphatic carbocycles. The largest absolute Gasteiger partial charge is 0.313 e. The highest BCUT2D eigenvalue weighted by atomic mass is 15.2. The van der Waals surface area contributed by atoms with E-state index in [1.54, 1.807) is 0 Å². The lowest BCUT2D eigenvalue weighted by molar-refractivity contribution is 0.223. The first-order chi connectivity index (χ1) is 7.59. The standard InChI is InChI=1S/C14H22N2/c1-11-5-7-12(8-6-11)13(16(3)4)14(15-2)9-10-14/h5-8,13,15H,9-10H2,1-4H3. The Labute approximate surface area is 98.7 Å². The van der Waals surface area contributed by atoms with Crippen molar-refractivity contribution in [3.05, 3.63) is 35.4 Å². The van der Waals surface area contributed by atoms with Crippen molar-refractivity contribution in [3.63, 3.8) is 0 Å². The molecule has 2 rings (SSSR count). The minimum absolute atomic E-state index is 0.304. The van der Waals surface area contributed by atoms with E-state index in [1.165, 1.54) is 24.0 Å². The Kier molecular flexibility index (Phi) is 3.04. The summed E-state index contributed by atoms with van der Waals surface area (Å²) in [5.74, 6) is 0. The Bertz CT molecular complexity index is 350. The lowest BCUT2D eigenvalue weighted by Gasteiger charge is -2.33. The van der Waals surface area contributed by atoms with Gasteiger partial charge in [0.1, 0.15) is 0 Å². The highest BCUT2D eigenvalue weighted by Gasteiger charge is 2.49. The van der Waals surface area contributed by atoms with Crippen LogP contribution >= 0.6 is 0 Å². The first kappa shape index (κ1) is 11.6. The van der Waals surface area contributed by atoms with Crippen LogP contribution in [0.5, 0.6) is 0 Å². The molecular formula is C14H22N2. The first-order valence-corrected chi connectivity index (χ1v) is 6.01. The van der Waals surface area contributed by atoms with Crippen LogP contribution in [0.1, 0.15) is 30.0 Å². The van der Waals surface area contributed by atoms with E-state index in [1.807, 2.05) is 0 Å². The Hall–Kier alpha value is -0.860. The normalized spacial score (nSPS) is 19.8. The minimum atomic E-state index is 0.304. The molecule has 2 nitrogen and oxygen atoms in total. The highest BCUT2D eigenvalue weighted by Crippen LogP contribution is 2.47. The maximum Gasteiger partial charge on any atom is 0.0525 e. The van der Waals surface area contributed by atoms with Crippen LogP contribution in [-0.4, -0.2) is 31.6 Å². The van der Waals surface area contributed by atoms with Crippen molar-refractivity contribution < 1.29 is 0 Å². The molecule has 0 aliphatic heterocycles. The minimum Gasteiger partial charge on any atom is -0.313 e. The fourth-order valence-electron chi connectivity index (χ4n) is 2.65. The predicted octanol–water partition coefficient (Wildman–Crippen LogP) is 2.35. The predicted molar refractivity (Wildman–Crippen MR) is 68.6 cm³/mol. The smallest absolute Gasteiger partial charge is 0.0525 e. The van der Waals surface area contributed by atoms with E-state index >= 15 is 0 Å². The molecule has 0 saturated heterocycles. The van der Waals surface area contributed by atoms with Crippen LogP contribution in [0.15, 0.2) is 24.3 Å². The van der Waals surface area contributed by atoms with E-state index in [0.29, 0.717) is 11.6 Å². The van der Waals surface area contributed by atoms with Crippen molar-refractivity contribution in [1.82, 2.24) is 10.2 Å². The Morgan fingerprint density at radius 1 is 1.19 bits per heavy atom. The van der Waals surface area contributed by atoms with Gasteiger partial charge in [0.2, 0.25) is 0 Å². The van der Waals surface area contributed by atoms with Gasteiger partial charge in [-0.25, -0.2) is 0 Å². The van der Waals surface area contributed by atoms with Gasteiger partial charge in [0, 0.05) is 5.54 Å². The number of rotatable bonds is 4. The van der Waals surface area contributed by atoms with Crippen molar-refractivity contribution in [2.45, 2.75) is 31.3 Å². The van der Waals surface area contributed by atoms with E-state index in [2.05, 4.69) is 62.5 Å². The monoisotopic (exact) mass is 218 g/mol. The van der Waals surface area contributed by atoms with Crippen LogP contribution in [-0.2, 0) is 0 Å². The second kappa shape index (κ2) is 4.19. The van der Waals surface area contributed by atoms with Gasteiger partial charge < -0.3 is 10.2 Å². The van der Waals surface area contributed by atoms with Gasteiger partial charge in [0.25, 0.3) is 0 Å². The Balaban J connectivity index is 2.30. The molecule has 0 amide bonds. The van der Waals surface area contributed by atoms with Crippen molar-refractivity contribution >= 4 is 0 Å². The zero-order valence-electron chi connectivity index (χ0n) is 10.7. The average molecular weight is 218 g/mol. The molecule has 2 heteroatoms. The van der Waals surface area contributed by atoms with Crippen molar-refractivity contribution in [2.75, 3.05) is 21.1 Å². The number of nitrogens with one attached hydrogen (secondary N) is 1. The Morgan fingerprint density at radius 2 is 1.75 bits per heavy atom. The summed E-state index contributed by atoms with van der Waals surface area (Å²) in [5.41, 5.74) is 3.05. The third-order valence-corrected chi connectivity index (χ3v) is 3.72. The molecule has 1 atom stereocenters. The van der Waals surface area contributed by atoms with Gasteiger partial charge >= 0.3 is 0 Å². The molecular weight excluding hydrogens is 196 g/mol. The molecule has 88 valence electrons. The van der Waals surface area contributed by atoms with Crippen molar-refractivity contribution in [3.8, 4) is 0 Å². The summed E-state index contributed by atoms with van der Waals surface area (Å²) in [6.45, 7) is 2.14. The van der Waals surface area contributed by atoms with Gasteiger partial charge in [-0.3, -0.25) is 0 Å². The molecule has 1 N–H and O–H groups in total. The van der Waals surface area contributed by atoms with E-state index < -0.39 is 0 Å². The quantitative estimate of drug-likeness (QED) is 0.834. The summed E-state index contributed by atoms with van der Waals surface area (Å²) in [5, 5.41) is 3.51. The molecule has 0 bridgehead atoms. The van der Waals surface area contributed by atoms with E-state index in [0.717, 1.165) is 0 Å². The van der Waals surface area contributed by atoms with Gasteiger partial charge in [-0.05, 0) is 46.5 Å². The van der Waals surface area contributed by atoms with Crippen molar-refractivity contribution in [1.29, 1.82) is 0 Å². The van der Waals surface area contributed by atoms with Gasteiger partial charge in [0.15, 0.2) is 0 Å². The van der Waals surface area contributed by atoms with Crippen molar-refractivity contribution in [2.24, 2.45) is 0 Å². The molecule has 1 unspecified atom stereocenters. The van der Waals surface area contributed by atoms with Gasteiger partial charge in [0.05, 0.1) is 6.04 Å². The number of hydrogen-bond donors (Lipinski definition) is 1. The molecule has 16 heavy (non-hydrogen) atoms. The molecule has 1 aliphatic rings. The summed E-state index contributed by atoms with van der Waals surface area (Å²) in [6.07, 6.45) is 2.56. The van der Waals surface area contributed by atoms with Crippen LogP contribution < -0.4 is 5.32 Å². The van der Waals surface area contributed by atoms with Crippen LogP contribution in [0.25, 0.3) is 0 Å². The third-order valence-electron chi connectivity index (χ3n) is 3.72. The molecule has 1 fully saturated rings. The summed E-state index contributed by atoms with van der Waals surface area (Å²) in [6, 6.07) is 9.42. The number of nitrogens with zero attached hydrogens (tertiary/aromatic N) is 1. The highest BCUT2D eigenvalue weighted by molar-refractivity contribution is 5.29. The molecule has 1 aromatic rings. The number of hydrogen-bond acceptors (Lipinski definition) is 2. The summed E-state index contributed by atoms with van der Waals surface area (Å²) in [4.78, 5) is 2.33. The van der Waals surface area contributed by atoms with E-state index in [9.17, 15) is 0 Å². The fourth-order valence-corrected chi connectivity index (χ4v) is 2.65. The molecule has 0 aromatic heterocycles. The molecule has 0 radical (unpaired) electrons. The zero-order chi connectivity index (χ0) is 11.8. The van der Waals surface area contributed by atoms with E-state index in [-0.39, 0.29) is 0 Å². The van der Waals surface area contributed by atoms with Crippen LogP contribution in [0.3, 0.4) is 0 Å². The SMILES string of the molecule is CNC1(C(c2ccc(C)cc2)N(C)C)CC1. The molecule has 1 aromatic carbocycles. The molecule has 1 saturated carbocycles. The second-order valence-electron chi connectivity index (χ2n) is 5.18. The first-order valence-electron chi connectivity index (χ1n) is 6.01. The maximum absolute atomic E-state index is 3.51. The fraction of sp³-hybridized carbons (Fsp3) is 0.571. The molecule has 0 spiro atoms. The summed E-state index contributed by atoms with van der Waals surface area (Å²) >= 11 is 0. The number of aryl methyl sites for hydroxylation is 1. The van der Waals surface area contributed by atoms with Crippen LogP contribution in [0, 0.1) is 6.92 Å². The van der Waals surface area contributed by atoms with Gasteiger partial charge in [-0.15, -0.1) is 0 Å². The number of benzene rings is 1. The number of likely N-dealkylation sites (N-methyl/N-ethyl adjacent to an activating group) is 2. The van der Waals surface area contributed by atoms with E-state index in [4.69, 9.17) is 0 Å². The molecule has 0 heterocycles. The summed E-state index contributed by atoms with van der Waals surface area (Å²) < 4.78 is 0. The van der Waals surface area contributed by atoms with Crippen LogP contribution in [0.4, 0.5) is 0 Å². The van der Waals surface area contributed by atoms with Gasteiger partial charge in [-0.2, -0.15) is 0 Å². The zero-order valence-corrected chi connectivity index (χ0v) is 10.7. The summed E-state index contributed by atoms with van der Waals surface area (Å²) in [7, 11) is 6.42. The lowest BCUT2D eigenvalue weighted by atomic mass is 9.95. The van der Waals surface area contributed by atoms with Gasteiger partial charge in [-0.1, -0.05) is 29.8 Å². The second-order valence-corrected chi connectivity index (χ2v) is 5.18.